The number of hydrogen-bond donors (Lipinski definition) is 0. The predicted octanol–water partition coefficient (Wildman–Crippen LogP) is 7.71. The maximum atomic E-state index is 2.88. The first kappa shape index (κ1) is 21.1. The van der Waals surface area contributed by atoms with Gasteiger partial charge in [0.25, 0.3) is 0 Å². The molecule has 0 amide bonds. The van der Waals surface area contributed by atoms with Gasteiger partial charge in [-0.15, -0.1) is 0 Å². The van der Waals surface area contributed by atoms with E-state index in [1.807, 2.05) is 5.31 Å². The van der Waals surface area contributed by atoms with Crippen LogP contribution in [0, 0.1) is 11.8 Å². The minimum atomic E-state index is 0.0627. The lowest BCUT2D eigenvalue weighted by Gasteiger charge is -2.43. The molecule has 4 rings (SSSR count). The fraction of sp³-hybridized carbons (Fsp3) is 0.846. The molecule has 2 atom stereocenters. The Morgan fingerprint density at radius 1 is 0.857 bits per heavy atom. The molecule has 0 N–H and O–H groups in total. The molecule has 0 aromatic carbocycles. The fourth-order valence-electron chi connectivity index (χ4n) is 6.58. The molecule has 3 aliphatic carbocycles. The van der Waals surface area contributed by atoms with Crippen LogP contribution in [0.2, 0.25) is 0 Å². The summed E-state index contributed by atoms with van der Waals surface area (Å²) < 4.78 is 0. The van der Waals surface area contributed by atoms with E-state index >= 15 is 0 Å². The third kappa shape index (κ3) is 4.95. The van der Waals surface area contributed by atoms with Crippen LogP contribution in [-0.4, -0.2) is 35.3 Å². The van der Waals surface area contributed by atoms with Gasteiger partial charge in [0.2, 0.25) is 0 Å². The molecule has 28 heavy (non-hydrogen) atoms. The van der Waals surface area contributed by atoms with E-state index in [4.69, 9.17) is 0 Å². The molecular weight excluding hydrogens is 357 g/mol. The summed E-state index contributed by atoms with van der Waals surface area (Å²) >= 11 is 0. The van der Waals surface area contributed by atoms with Crippen molar-refractivity contribution in [3.05, 3.63) is 23.5 Å². The Labute approximate surface area is 176 Å². The van der Waals surface area contributed by atoms with Crippen molar-refractivity contribution >= 4 is 7.92 Å². The zero-order valence-electron chi connectivity index (χ0n) is 18.6. The van der Waals surface area contributed by atoms with Crippen molar-refractivity contribution in [2.24, 2.45) is 11.8 Å². The summed E-state index contributed by atoms with van der Waals surface area (Å²) in [5.41, 5.74) is 2.08. The van der Waals surface area contributed by atoms with Gasteiger partial charge < -0.3 is 0 Å². The van der Waals surface area contributed by atoms with E-state index in [1.54, 1.807) is 0 Å². The normalized spacial score (nSPS) is 29.1. The van der Waals surface area contributed by atoms with Crippen LogP contribution < -0.4 is 0 Å². The average Bonchev–Trinajstić information content (AvgIpc) is 3.41. The number of hydrogen-bond acceptors (Lipinski definition) is 1. The Morgan fingerprint density at radius 3 is 1.96 bits per heavy atom. The molecule has 0 radical (unpaired) electrons. The molecule has 0 bridgehead atoms. The van der Waals surface area contributed by atoms with Gasteiger partial charge in [-0.3, -0.25) is 4.90 Å². The molecule has 1 unspecified atom stereocenters. The van der Waals surface area contributed by atoms with E-state index in [0.29, 0.717) is 0 Å². The first-order valence-electron chi connectivity index (χ1n) is 12.6. The highest BCUT2D eigenvalue weighted by atomic mass is 31.1. The van der Waals surface area contributed by atoms with Gasteiger partial charge in [-0.2, -0.15) is 0 Å². The molecule has 1 aliphatic heterocycles. The quantitative estimate of drug-likeness (QED) is 0.395. The Hall–Kier alpha value is -0.130. The Kier molecular flexibility index (Phi) is 7.74. The lowest BCUT2D eigenvalue weighted by Crippen LogP contribution is -2.40. The Morgan fingerprint density at radius 2 is 1.43 bits per heavy atom. The summed E-state index contributed by atoms with van der Waals surface area (Å²) in [6.07, 6.45) is 27.1. The first-order chi connectivity index (χ1) is 13.7. The Bertz CT molecular complexity index is 515. The summed E-state index contributed by atoms with van der Waals surface area (Å²) in [6, 6.07) is 0.768. The topological polar surface area (TPSA) is 3.24 Å². The van der Waals surface area contributed by atoms with E-state index in [9.17, 15) is 0 Å². The number of rotatable bonds is 7. The van der Waals surface area contributed by atoms with Crippen LogP contribution in [0.15, 0.2) is 23.5 Å². The second-order valence-corrected chi connectivity index (χ2v) is 13.2. The summed E-state index contributed by atoms with van der Waals surface area (Å²) in [4.78, 5) is 2.88. The molecule has 4 aliphatic rings. The second kappa shape index (κ2) is 10.3. The first-order valence-corrected chi connectivity index (χ1v) is 14.1. The van der Waals surface area contributed by atoms with Crippen LogP contribution in [0.25, 0.3) is 0 Å². The molecule has 2 saturated carbocycles. The molecule has 158 valence electrons. The number of likely N-dealkylation sites (tertiary alicyclic amines) is 1. The monoisotopic (exact) mass is 401 g/mol. The van der Waals surface area contributed by atoms with E-state index < -0.39 is 0 Å². The smallest absolute Gasteiger partial charge is 0.0202 e. The fourth-order valence-corrected chi connectivity index (χ4v) is 10.7. The molecular formula is C26H44NP. The Balaban J connectivity index is 1.58. The lowest BCUT2D eigenvalue weighted by atomic mass is 9.91. The zero-order valence-corrected chi connectivity index (χ0v) is 19.5. The van der Waals surface area contributed by atoms with Crippen molar-refractivity contribution in [1.82, 2.24) is 4.90 Å². The van der Waals surface area contributed by atoms with Gasteiger partial charge in [-0.25, -0.2) is 0 Å². The van der Waals surface area contributed by atoms with E-state index in [1.165, 1.54) is 96.6 Å². The molecule has 1 heterocycles. The molecule has 2 heteroatoms. The summed E-state index contributed by atoms with van der Waals surface area (Å²) in [6.45, 7) is 7.58. The SMILES string of the molecule is CC(C)C[C@@H](C1C=CC=C1P(C1CCCCC1)C1CCCCC1)N1CCCC1. The van der Waals surface area contributed by atoms with Crippen molar-refractivity contribution in [3.8, 4) is 0 Å². The summed E-state index contributed by atoms with van der Waals surface area (Å²) in [5, 5.41) is 1.94. The molecule has 1 saturated heterocycles. The average molecular weight is 402 g/mol. The third-order valence-electron chi connectivity index (χ3n) is 7.90. The molecule has 1 nitrogen and oxygen atoms in total. The largest absolute Gasteiger partial charge is 0.299 e. The molecule has 0 aromatic heterocycles. The third-order valence-corrected chi connectivity index (χ3v) is 11.5. The van der Waals surface area contributed by atoms with Crippen molar-refractivity contribution in [1.29, 1.82) is 0 Å². The van der Waals surface area contributed by atoms with Crippen molar-refractivity contribution in [3.63, 3.8) is 0 Å². The van der Waals surface area contributed by atoms with Crippen LogP contribution in [0.4, 0.5) is 0 Å². The van der Waals surface area contributed by atoms with Gasteiger partial charge in [-0.05, 0) is 80.6 Å². The lowest BCUT2D eigenvalue weighted by molar-refractivity contribution is 0.186. The molecule has 0 spiro atoms. The number of allylic oxidation sites excluding steroid dienone is 2. The van der Waals surface area contributed by atoms with E-state index in [2.05, 4.69) is 37.0 Å². The van der Waals surface area contributed by atoms with Gasteiger partial charge in [0, 0.05) is 12.0 Å². The van der Waals surface area contributed by atoms with Gasteiger partial charge in [-0.1, -0.05) is 78.5 Å². The number of nitrogens with zero attached hydrogens (tertiary/aromatic N) is 1. The highest BCUT2D eigenvalue weighted by Gasteiger charge is 2.40. The van der Waals surface area contributed by atoms with Gasteiger partial charge >= 0.3 is 0 Å². The molecule has 3 fully saturated rings. The maximum Gasteiger partial charge on any atom is 0.0202 e. The van der Waals surface area contributed by atoms with Crippen molar-refractivity contribution in [2.45, 2.75) is 115 Å². The maximum absolute atomic E-state index is 2.88. The van der Waals surface area contributed by atoms with Crippen LogP contribution in [0.5, 0.6) is 0 Å². The van der Waals surface area contributed by atoms with Gasteiger partial charge in [0.15, 0.2) is 0 Å². The van der Waals surface area contributed by atoms with Crippen molar-refractivity contribution in [2.75, 3.05) is 13.1 Å². The van der Waals surface area contributed by atoms with Crippen LogP contribution in [-0.2, 0) is 0 Å². The van der Waals surface area contributed by atoms with Crippen LogP contribution in [0.3, 0.4) is 0 Å². The van der Waals surface area contributed by atoms with Crippen LogP contribution >= 0.6 is 7.92 Å². The summed E-state index contributed by atoms with van der Waals surface area (Å²) in [7, 11) is 0.0627. The predicted molar refractivity (Wildman–Crippen MR) is 125 cm³/mol. The van der Waals surface area contributed by atoms with E-state index in [0.717, 1.165) is 29.2 Å². The van der Waals surface area contributed by atoms with Crippen molar-refractivity contribution < 1.29 is 0 Å². The van der Waals surface area contributed by atoms with E-state index in [-0.39, 0.29) is 7.92 Å². The minimum absolute atomic E-state index is 0.0627. The minimum Gasteiger partial charge on any atom is -0.299 e. The van der Waals surface area contributed by atoms with Gasteiger partial charge in [0.1, 0.15) is 0 Å². The highest BCUT2D eigenvalue weighted by Crippen LogP contribution is 2.64. The second-order valence-electron chi connectivity index (χ2n) is 10.4. The standard InChI is InChI=1S/C26H44NP/c1-21(2)20-25(27-18-9-10-19-27)24-16-11-17-26(24)28(22-12-5-3-6-13-22)23-14-7-4-8-15-23/h11,16-17,21-25H,3-10,12-15,18-20H2,1-2H3/t24?,25-/m0/s1. The summed E-state index contributed by atoms with van der Waals surface area (Å²) in [5.74, 6) is 1.53. The zero-order chi connectivity index (χ0) is 19.3. The highest BCUT2D eigenvalue weighted by molar-refractivity contribution is 7.63. The van der Waals surface area contributed by atoms with Gasteiger partial charge in [0.05, 0.1) is 0 Å². The van der Waals surface area contributed by atoms with Crippen LogP contribution in [0.1, 0.15) is 97.3 Å². The molecule has 0 aromatic rings.